The maximum atomic E-state index is 10.8. The third-order valence-electron chi connectivity index (χ3n) is 3.01. The zero-order chi connectivity index (χ0) is 10.8. The zero-order valence-corrected chi connectivity index (χ0v) is 8.57. The highest BCUT2D eigenvalue weighted by Gasteiger charge is 2.20. The third-order valence-corrected chi connectivity index (χ3v) is 3.01. The van der Waals surface area contributed by atoms with Gasteiger partial charge in [0.1, 0.15) is 5.75 Å². The van der Waals surface area contributed by atoms with Crippen LogP contribution in [-0.4, -0.2) is 11.0 Å². The second-order valence-corrected chi connectivity index (χ2v) is 4.23. The number of phenolic OH excluding ortho intramolecular Hbond substituents is 1. The topological polar surface area (TPSA) is 63.3 Å². The molecule has 0 heterocycles. The summed E-state index contributed by atoms with van der Waals surface area (Å²) in [5.41, 5.74) is 7.63. The summed E-state index contributed by atoms with van der Waals surface area (Å²) in [5, 5.41) is 9.36. The van der Waals surface area contributed by atoms with Crippen molar-refractivity contribution >= 4 is 5.91 Å². The van der Waals surface area contributed by atoms with E-state index in [1.807, 2.05) is 6.07 Å². The first-order chi connectivity index (χ1) is 7.15. The predicted octanol–water partition coefficient (Wildman–Crippen LogP) is 1.37. The van der Waals surface area contributed by atoms with E-state index < -0.39 is 0 Å². The van der Waals surface area contributed by atoms with Crippen molar-refractivity contribution in [3.8, 4) is 5.75 Å². The van der Waals surface area contributed by atoms with E-state index in [0.29, 0.717) is 18.1 Å². The van der Waals surface area contributed by atoms with Gasteiger partial charge in [0.25, 0.3) is 0 Å². The smallest absolute Gasteiger partial charge is 0.217 e. The van der Waals surface area contributed by atoms with Gasteiger partial charge in [-0.1, -0.05) is 6.07 Å². The Morgan fingerprint density at radius 3 is 3.00 bits per heavy atom. The average molecular weight is 205 g/mol. The standard InChI is InChI=1S/C12H15NO2/c13-12(15)6-8-1-2-9-3-4-11(14)7-10(9)5-8/h3-4,7-8,14H,1-2,5-6H2,(H2,13,15)/t8-/m0/s1. The van der Waals surface area contributed by atoms with Crippen LogP contribution in [0.25, 0.3) is 0 Å². The van der Waals surface area contributed by atoms with Gasteiger partial charge in [0.15, 0.2) is 0 Å². The zero-order valence-electron chi connectivity index (χ0n) is 8.57. The lowest BCUT2D eigenvalue weighted by Crippen LogP contribution is -2.21. The SMILES string of the molecule is NC(=O)C[C@H]1CCc2ccc(O)cc2C1. The molecule has 0 fully saturated rings. The largest absolute Gasteiger partial charge is 0.508 e. The van der Waals surface area contributed by atoms with E-state index in [0.717, 1.165) is 24.8 Å². The monoisotopic (exact) mass is 205 g/mol. The van der Waals surface area contributed by atoms with Gasteiger partial charge in [-0.15, -0.1) is 0 Å². The van der Waals surface area contributed by atoms with Crippen molar-refractivity contribution in [3.05, 3.63) is 29.3 Å². The van der Waals surface area contributed by atoms with E-state index in [9.17, 15) is 9.90 Å². The normalized spacial score (nSPS) is 19.6. The molecule has 0 saturated carbocycles. The summed E-state index contributed by atoms with van der Waals surface area (Å²) in [4.78, 5) is 10.8. The van der Waals surface area contributed by atoms with Gasteiger partial charge in [0.05, 0.1) is 0 Å². The molecule has 1 amide bonds. The van der Waals surface area contributed by atoms with Crippen molar-refractivity contribution in [2.45, 2.75) is 25.7 Å². The van der Waals surface area contributed by atoms with Crippen molar-refractivity contribution in [1.29, 1.82) is 0 Å². The number of fused-ring (bicyclic) bond motifs is 1. The Bertz CT molecular complexity index is 387. The van der Waals surface area contributed by atoms with Crippen LogP contribution in [0.5, 0.6) is 5.75 Å². The number of hydrogen-bond donors (Lipinski definition) is 2. The van der Waals surface area contributed by atoms with Gasteiger partial charge in [0, 0.05) is 6.42 Å². The molecule has 3 N–H and O–H groups in total. The summed E-state index contributed by atoms with van der Waals surface area (Å²) >= 11 is 0. The number of aryl methyl sites for hydroxylation is 1. The minimum absolute atomic E-state index is 0.233. The maximum Gasteiger partial charge on any atom is 0.217 e. The van der Waals surface area contributed by atoms with Crippen LogP contribution in [-0.2, 0) is 17.6 Å². The van der Waals surface area contributed by atoms with Crippen LogP contribution in [0, 0.1) is 5.92 Å². The van der Waals surface area contributed by atoms with Crippen molar-refractivity contribution in [2.75, 3.05) is 0 Å². The number of phenols is 1. The van der Waals surface area contributed by atoms with Crippen molar-refractivity contribution in [1.82, 2.24) is 0 Å². The molecule has 0 spiro atoms. The fourth-order valence-corrected chi connectivity index (χ4v) is 2.28. The average Bonchev–Trinajstić information content (AvgIpc) is 2.16. The lowest BCUT2D eigenvalue weighted by molar-refractivity contribution is -0.119. The molecular formula is C12H15NO2. The van der Waals surface area contributed by atoms with Crippen molar-refractivity contribution < 1.29 is 9.90 Å². The summed E-state index contributed by atoms with van der Waals surface area (Å²) in [6, 6.07) is 5.47. The predicted molar refractivity (Wildman–Crippen MR) is 57.4 cm³/mol. The summed E-state index contributed by atoms with van der Waals surface area (Å²) in [7, 11) is 0. The molecule has 2 rings (SSSR count). The van der Waals surface area contributed by atoms with E-state index in [2.05, 4.69) is 0 Å². The minimum atomic E-state index is -0.233. The van der Waals surface area contributed by atoms with E-state index in [4.69, 9.17) is 5.73 Å². The van der Waals surface area contributed by atoms with Gasteiger partial charge in [-0.25, -0.2) is 0 Å². The van der Waals surface area contributed by atoms with Crippen LogP contribution in [0.3, 0.4) is 0 Å². The van der Waals surface area contributed by atoms with Crippen molar-refractivity contribution in [3.63, 3.8) is 0 Å². The Kier molecular flexibility index (Phi) is 2.62. The Hall–Kier alpha value is -1.51. The number of carbonyl (C=O) groups is 1. The minimum Gasteiger partial charge on any atom is -0.508 e. The molecule has 1 aliphatic rings. The fourth-order valence-electron chi connectivity index (χ4n) is 2.28. The summed E-state index contributed by atoms with van der Waals surface area (Å²) in [5.74, 6) is 0.411. The Labute approximate surface area is 88.9 Å². The second kappa shape index (κ2) is 3.93. The number of primary amides is 1. The molecule has 1 aromatic rings. The number of rotatable bonds is 2. The van der Waals surface area contributed by atoms with Crippen molar-refractivity contribution in [2.24, 2.45) is 11.7 Å². The van der Waals surface area contributed by atoms with Crippen LogP contribution < -0.4 is 5.73 Å². The molecule has 3 nitrogen and oxygen atoms in total. The number of aromatic hydroxyl groups is 1. The van der Waals surface area contributed by atoms with Crippen LogP contribution in [0.2, 0.25) is 0 Å². The lowest BCUT2D eigenvalue weighted by atomic mass is 9.82. The molecule has 1 aromatic carbocycles. The number of carbonyl (C=O) groups excluding carboxylic acids is 1. The van der Waals surface area contributed by atoms with E-state index in [1.54, 1.807) is 12.1 Å². The second-order valence-electron chi connectivity index (χ2n) is 4.23. The molecule has 0 saturated heterocycles. The van der Waals surface area contributed by atoms with Crippen LogP contribution >= 0.6 is 0 Å². The Morgan fingerprint density at radius 1 is 1.47 bits per heavy atom. The molecule has 0 aromatic heterocycles. The Morgan fingerprint density at radius 2 is 2.27 bits per heavy atom. The molecule has 0 bridgehead atoms. The molecular weight excluding hydrogens is 190 g/mol. The fraction of sp³-hybridized carbons (Fsp3) is 0.417. The lowest BCUT2D eigenvalue weighted by Gasteiger charge is -2.23. The van der Waals surface area contributed by atoms with Crippen LogP contribution in [0.4, 0.5) is 0 Å². The van der Waals surface area contributed by atoms with Gasteiger partial charge in [-0.3, -0.25) is 4.79 Å². The summed E-state index contributed by atoms with van der Waals surface area (Å²) in [6.45, 7) is 0. The van der Waals surface area contributed by atoms with E-state index in [-0.39, 0.29) is 5.91 Å². The van der Waals surface area contributed by atoms with Gasteiger partial charge < -0.3 is 10.8 Å². The molecule has 1 aliphatic carbocycles. The van der Waals surface area contributed by atoms with E-state index >= 15 is 0 Å². The maximum absolute atomic E-state index is 10.8. The van der Waals surface area contributed by atoms with Gasteiger partial charge >= 0.3 is 0 Å². The van der Waals surface area contributed by atoms with Gasteiger partial charge in [0.2, 0.25) is 5.91 Å². The first-order valence-electron chi connectivity index (χ1n) is 5.24. The summed E-state index contributed by atoms with van der Waals surface area (Å²) < 4.78 is 0. The number of nitrogens with two attached hydrogens (primary N) is 1. The number of benzene rings is 1. The number of amides is 1. The third kappa shape index (κ3) is 2.29. The highest BCUT2D eigenvalue weighted by molar-refractivity contribution is 5.74. The number of hydrogen-bond acceptors (Lipinski definition) is 2. The molecule has 0 radical (unpaired) electrons. The van der Waals surface area contributed by atoms with Gasteiger partial charge in [-0.05, 0) is 48.4 Å². The molecule has 0 aliphatic heterocycles. The van der Waals surface area contributed by atoms with Crippen LogP contribution in [0.1, 0.15) is 24.0 Å². The highest BCUT2D eigenvalue weighted by Crippen LogP contribution is 2.29. The first-order valence-corrected chi connectivity index (χ1v) is 5.24. The molecule has 3 heteroatoms. The highest BCUT2D eigenvalue weighted by atomic mass is 16.3. The first kappa shape index (κ1) is 10.0. The molecule has 15 heavy (non-hydrogen) atoms. The molecule has 0 unspecified atom stereocenters. The molecule has 1 atom stereocenters. The summed E-state index contributed by atoms with van der Waals surface area (Å²) in [6.07, 6.45) is 3.30. The molecule has 80 valence electrons. The quantitative estimate of drug-likeness (QED) is 0.766. The van der Waals surface area contributed by atoms with Gasteiger partial charge in [-0.2, -0.15) is 0 Å². The Balaban J connectivity index is 2.14. The van der Waals surface area contributed by atoms with E-state index in [1.165, 1.54) is 5.56 Å². The van der Waals surface area contributed by atoms with Crippen LogP contribution in [0.15, 0.2) is 18.2 Å².